The van der Waals surface area contributed by atoms with Gasteiger partial charge in [-0.05, 0) is 19.4 Å². The molecule has 1 aromatic carbocycles. The zero-order valence-electron chi connectivity index (χ0n) is 10.2. The van der Waals surface area contributed by atoms with E-state index in [0.717, 1.165) is 23.5 Å². The fraction of sp³-hybridized carbons (Fsp3) is 0.538. The van der Waals surface area contributed by atoms with E-state index in [4.69, 9.17) is 9.47 Å². The monoisotopic (exact) mass is 224 g/mol. The molecule has 3 heteroatoms. The second-order valence-electron chi connectivity index (χ2n) is 3.85. The Kier molecular flexibility index (Phi) is 5.12. The van der Waals surface area contributed by atoms with Crippen molar-refractivity contribution in [3.8, 4) is 11.5 Å². The summed E-state index contributed by atoms with van der Waals surface area (Å²) < 4.78 is 10.9. The van der Waals surface area contributed by atoms with Crippen LogP contribution < -0.4 is 9.47 Å². The number of methoxy groups -OCH3 is 1. The Labute approximate surface area is 97.0 Å². The van der Waals surface area contributed by atoms with Gasteiger partial charge in [0.05, 0.1) is 19.8 Å². The molecular formula is C13H20O3. The van der Waals surface area contributed by atoms with Crippen LogP contribution in [0.2, 0.25) is 0 Å². The highest BCUT2D eigenvalue weighted by Gasteiger charge is 2.11. The lowest BCUT2D eigenvalue weighted by atomic mass is 10.1. The van der Waals surface area contributed by atoms with Gasteiger partial charge in [-0.3, -0.25) is 0 Å². The first-order valence-electron chi connectivity index (χ1n) is 5.65. The molecule has 1 N–H and O–H groups in total. The number of aliphatic hydroxyl groups excluding tert-OH is 1. The number of hydrogen-bond donors (Lipinski definition) is 1. The summed E-state index contributed by atoms with van der Waals surface area (Å²) >= 11 is 0. The quantitative estimate of drug-likeness (QED) is 0.806. The third-order valence-electron chi connectivity index (χ3n) is 2.24. The van der Waals surface area contributed by atoms with Gasteiger partial charge in [-0.15, -0.1) is 0 Å². The molecule has 16 heavy (non-hydrogen) atoms. The van der Waals surface area contributed by atoms with Crippen LogP contribution in [-0.2, 0) is 6.42 Å². The van der Waals surface area contributed by atoms with E-state index in [0.29, 0.717) is 13.0 Å². The third kappa shape index (κ3) is 3.42. The summed E-state index contributed by atoms with van der Waals surface area (Å²) in [5.41, 5.74) is 0.978. The van der Waals surface area contributed by atoms with Crippen LogP contribution in [0.3, 0.4) is 0 Å². The maximum absolute atomic E-state index is 9.40. The Morgan fingerprint density at radius 2 is 2.12 bits per heavy atom. The van der Waals surface area contributed by atoms with E-state index >= 15 is 0 Å². The normalized spacial score (nSPS) is 12.2. The van der Waals surface area contributed by atoms with Gasteiger partial charge in [0.15, 0.2) is 11.5 Å². The summed E-state index contributed by atoms with van der Waals surface area (Å²) in [7, 11) is 1.62. The highest BCUT2D eigenvalue weighted by molar-refractivity contribution is 5.46. The van der Waals surface area contributed by atoms with E-state index in [-0.39, 0.29) is 6.10 Å². The molecule has 0 saturated heterocycles. The van der Waals surface area contributed by atoms with E-state index in [1.807, 2.05) is 18.2 Å². The van der Waals surface area contributed by atoms with E-state index in [1.54, 1.807) is 14.0 Å². The molecule has 0 aliphatic heterocycles. The largest absolute Gasteiger partial charge is 0.493 e. The summed E-state index contributed by atoms with van der Waals surface area (Å²) in [6.07, 6.45) is 1.16. The molecule has 0 saturated carbocycles. The number of rotatable bonds is 6. The number of aliphatic hydroxyl groups is 1. The summed E-state index contributed by atoms with van der Waals surface area (Å²) in [6, 6.07) is 5.76. The maximum atomic E-state index is 9.40. The standard InChI is InChI=1S/C13H20O3/c1-4-8-16-12-7-5-6-11(9-10(2)14)13(12)15-3/h5-7,10,14H,4,8-9H2,1-3H3. The van der Waals surface area contributed by atoms with Crippen LogP contribution in [0.1, 0.15) is 25.8 Å². The smallest absolute Gasteiger partial charge is 0.164 e. The SMILES string of the molecule is CCCOc1cccc(CC(C)O)c1OC. The lowest BCUT2D eigenvalue weighted by molar-refractivity contribution is 0.193. The molecule has 0 heterocycles. The molecule has 3 nitrogen and oxygen atoms in total. The lowest BCUT2D eigenvalue weighted by Crippen LogP contribution is -2.07. The van der Waals surface area contributed by atoms with E-state index in [9.17, 15) is 5.11 Å². The predicted octanol–water partition coefficient (Wildman–Crippen LogP) is 2.41. The van der Waals surface area contributed by atoms with Gasteiger partial charge in [-0.1, -0.05) is 19.1 Å². The van der Waals surface area contributed by atoms with Crippen molar-refractivity contribution in [1.82, 2.24) is 0 Å². The molecule has 1 aromatic rings. The van der Waals surface area contributed by atoms with E-state index in [1.165, 1.54) is 0 Å². The van der Waals surface area contributed by atoms with Crippen LogP contribution in [0.25, 0.3) is 0 Å². The number of hydrogen-bond acceptors (Lipinski definition) is 3. The van der Waals surface area contributed by atoms with Gasteiger partial charge in [0.2, 0.25) is 0 Å². The van der Waals surface area contributed by atoms with E-state index in [2.05, 4.69) is 6.92 Å². The average Bonchev–Trinajstić information content (AvgIpc) is 2.25. The van der Waals surface area contributed by atoms with Gasteiger partial charge >= 0.3 is 0 Å². The first kappa shape index (κ1) is 12.8. The van der Waals surface area contributed by atoms with Crippen molar-refractivity contribution >= 4 is 0 Å². The molecule has 0 amide bonds. The summed E-state index contributed by atoms with van der Waals surface area (Å²) in [6.45, 7) is 4.50. The van der Waals surface area contributed by atoms with Crippen LogP contribution in [0.5, 0.6) is 11.5 Å². The van der Waals surface area contributed by atoms with Crippen LogP contribution in [0.4, 0.5) is 0 Å². The molecule has 1 atom stereocenters. The van der Waals surface area contributed by atoms with Crippen molar-refractivity contribution in [3.63, 3.8) is 0 Å². The summed E-state index contributed by atoms with van der Waals surface area (Å²) in [5, 5.41) is 9.40. The number of ether oxygens (including phenoxy) is 2. The molecule has 0 aliphatic rings. The zero-order chi connectivity index (χ0) is 12.0. The van der Waals surface area contributed by atoms with E-state index < -0.39 is 0 Å². The van der Waals surface area contributed by atoms with Gasteiger partial charge in [0, 0.05) is 12.0 Å². The van der Waals surface area contributed by atoms with Crippen molar-refractivity contribution in [2.45, 2.75) is 32.8 Å². The highest BCUT2D eigenvalue weighted by atomic mass is 16.5. The molecule has 0 fully saturated rings. The minimum absolute atomic E-state index is 0.379. The molecular weight excluding hydrogens is 204 g/mol. The number of benzene rings is 1. The second kappa shape index (κ2) is 6.38. The maximum Gasteiger partial charge on any atom is 0.164 e. The lowest BCUT2D eigenvalue weighted by Gasteiger charge is -2.14. The van der Waals surface area contributed by atoms with Crippen molar-refractivity contribution in [2.75, 3.05) is 13.7 Å². The molecule has 0 spiro atoms. The van der Waals surface area contributed by atoms with Crippen molar-refractivity contribution < 1.29 is 14.6 Å². The minimum atomic E-state index is -0.379. The Bertz CT molecular complexity index is 321. The molecule has 0 radical (unpaired) electrons. The molecule has 90 valence electrons. The van der Waals surface area contributed by atoms with Gasteiger partial charge in [0.1, 0.15) is 0 Å². The highest BCUT2D eigenvalue weighted by Crippen LogP contribution is 2.31. The van der Waals surface area contributed by atoms with Gasteiger partial charge in [-0.25, -0.2) is 0 Å². The molecule has 0 aromatic heterocycles. The van der Waals surface area contributed by atoms with Gasteiger partial charge < -0.3 is 14.6 Å². The number of para-hydroxylation sites is 1. The van der Waals surface area contributed by atoms with Crippen LogP contribution in [0, 0.1) is 0 Å². The fourth-order valence-electron chi connectivity index (χ4n) is 1.60. The van der Waals surface area contributed by atoms with Gasteiger partial charge in [0.25, 0.3) is 0 Å². The van der Waals surface area contributed by atoms with Crippen molar-refractivity contribution in [2.24, 2.45) is 0 Å². The Balaban J connectivity index is 2.91. The summed E-state index contributed by atoms with van der Waals surface area (Å²) in [5.74, 6) is 1.49. The predicted molar refractivity (Wildman–Crippen MR) is 64.2 cm³/mol. The first-order chi connectivity index (χ1) is 7.69. The van der Waals surface area contributed by atoms with Crippen LogP contribution in [0.15, 0.2) is 18.2 Å². The molecule has 0 bridgehead atoms. The fourth-order valence-corrected chi connectivity index (χ4v) is 1.60. The summed E-state index contributed by atoms with van der Waals surface area (Å²) in [4.78, 5) is 0. The third-order valence-corrected chi connectivity index (χ3v) is 2.24. The second-order valence-corrected chi connectivity index (χ2v) is 3.85. The van der Waals surface area contributed by atoms with Crippen molar-refractivity contribution in [3.05, 3.63) is 23.8 Å². The molecule has 1 unspecified atom stereocenters. The van der Waals surface area contributed by atoms with Crippen LogP contribution >= 0.6 is 0 Å². The average molecular weight is 224 g/mol. The Morgan fingerprint density at radius 3 is 2.69 bits per heavy atom. The Morgan fingerprint density at radius 1 is 1.38 bits per heavy atom. The van der Waals surface area contributed by atoms with Gasteiger partial charge in [-0.2, -0.15) is 0 Å². The van der Waals surface area contributed by atoms with Crippen LogP contribution in [-0.4, -0.2) is 24.9 Å². The molecule has 0 aliphatic carbocycles. The van der Waals surface area contributed by atoms with Crippen molar-refractivity contribution in [1.29, 1.82) is 0 Å². The first-order valence-corrected chi connectivity index (χ1v) is 5.65. The minimum Gasteiger partial charge on any atom is -0.493 e. The molecule has 1 rings (SSSR count). The zero-order valence-corrected chi connectivity index (χ0v) is 10.2. The topological polar surface area (TPSA) is 38.7 Å². The Hall–Kier alpha value is -1.22.